The summed E-state index contributed by atoms with van der Waals surface area (Å²) in [4.78, 5) is 0. The van der Waals surface area contributed by atoms with Gasteiger partial charge in [0.1, 0.15) is 6.79 Å². The molecule has 4 heteroatoms. The van der Waals surface area contributed by atoms with E-state index in [-0.39, 0.29) is 0 Å². The lowest BCUT2D eigenvalue weighted by Gasteiger charge is -2.30. The van der Waals surface area contributed by atoms with E-state index >= 15 is 0 Å². The minimum Gasteiger partial charge on any atom is -0.378 e. The second kappa shape index (κ2) is 4.18. The molecule has 0 aromatic rings. The Morgan fingerprint density at radius 2 is 2.17 bits per heavy atom. The third kappa shape index (κ3) is 2.17. The summed E-state index contributed by atoms with van der Waals surface area (Å²) < 4.78 is 15.5. The minimum atomic E-state index is 0.333. The Balaban J connectivity index is 1.58. The molecule has 0 radical (unpaired) electrons. The summed E-state index contributed by atoms with van der Waals surface area (Å²) in [6, 6.07) is 0.552. The van der Waals surface area contributed by atoms with Gasteiger partial charge in [-0.05, 0) is 6.42 Å². The molecule has 2 heterocycles. The SMILES string of the molecule is C1CC(CNC2COC2)OCO1. The monoisotopic (exact) mass is 173 g/mol. The number of ether oxygens (including phenoxy) is 3. The Kier molecular flexibility index (Phi) is 2.94. The van der Waals surface area contributed by atoms with Crippen LogP contribution in [0.2, 0.25) is 0 Å². The molecule has 0 aliphatic carbocycles. The molecule has 0 spiro atoms. The van der Waals surface area contributed by atoms with Crippen LogP contribution in [0.1, 0.15) is 6.42 Å². The van der Waals surface area contributed by atoms with Crippen LogP contribution in [0.3, 0.4) is 0 Å². The van der Waals surface area contributed by atoms with E-state index in [1.807, 2.05) is 0 Å². The van der Waals surface area contributed by atoms with Crippen molar-refractivity contribution in [1.29, 1.82) is 0 Å². The zero-order valence-electron chi connectivity index (χ0n) is 7.12. The fourth-order valence-electron chi connectivity index (χ4n) is 1.31. The Labute approximate surface area is 72.2 Å². The predicted molar refractivity (Wildman–Crippen MR) is 42.9 cm³/mol. The van der Waals surface area contributed by atoms with Crippen molar-refractivity contribution in [1.82, 2.24) is 5.32 Å². The van der Waals surface area contributed by atoms with Crippen molar-refractivity contribution in [3.8, 4) is 0 Å². The molecule has 1 atom stereocenters. The minimum absolute atomic E-state index is 0.333. The molecule has 0 saturated carbocycles. The van der Waals surface area contributed by atoms with Crippen LogP contribution in [0, 0.1) is 0 Å². The lowest BCUT2D eigenvalue weighted by atomic mass is 10.2. The van der Waals surface area contributed by atoms with Crippen LogP contribution >= 0.6 is 0 Å². The average molecular weight is 173 g/mol. The molecular weight excluding hydrogens is 158 g/mol. The fraction of sp³-hybridized carbons (Fsp3) is 1.00. The quantitative estimate of drug-likeness (QED) is 0.638. The second-order valence-electron chi connectivity index (χ2n) is 3.25. The summed E-state index contributed by atoms with van der Waals surface area (Å²) in [6.07, 6.45) is 1.33. The smallest absolute Gasteiger partial charge is 0.147 e. The van der Waals surface area contributed by atoms with Gasteiger partial charge >= 0.3 is 0 Å². The van der Waals surface area contributed by atoms with Crippen molar-refractivity contribution in [3.05, 3.63) is 0 Å². The van der Waals surface area contributed by atoms with Gasteiger partial charge in [-0.2, -0.15) is 0 Å². The molecule has 70 valence electrons. The largest absolute Gasteiger partial charge is 0.378 e. The summed E-state index contributed by atoms with van der Waals surface area (Å²) >= 11 is 0. The van der Waals surface area contributed by atoms with Gasteiger partial charge in [-0.3, -0.25) is 0 Å². The van der Waals surface area contributed by atoms with E-state index in [0.717, 1.165) is 32.8 Å². The number of hydrogen-bond donors (Lipinski definition) is 1. The Bertz CT molecular complexity index is 132. The van der Waals surface area contributed by atoms with Gasteiger partial charge in [-0.25, -0.2) is 0 Å². The third-order valence-corrected chi connectivity index (χ3v) is 2.24. The van der Waals surface area contributed by atoms with E-state index < -0.39 is 0 Å². The van der Waals surface area contributed by atoms with Gasteiger partial charge in [0, 0.05) is 6.54 Å². The molecule has 0 aromatic heterocycles. The van der Waals surface area contributed by atoms with Crippen LogP contribution in [-0.4, -0.2) is 45.3 Å². The van der Waals surface area contributed by atoms with E-state index in [9.17, 15) is 0 Å². The molecule has 2 rings (SSSR count). The second-order valence-corrected chi connectivity index (χ2v) is 3.25. The summed E-state index contributed by atoms with van der Waals surface area (Å²) in [5.74, 6) is 0. The van der Waals surface area contributed by atoms with Gasteiger partial charge in [0.05, 0.1) is 32.0 Å². The standard InChI is InChI=1S/C8H15NO3/c1-2-10-6-12-8(1)3-9-7-4-11-5-7/h7-9H,1-6H2. The molecule has 2 saturated heterocycles. The Morgan fingerprint density at radius 1 is 1.25 bits per heavy atom. The van der Waals surface area contributed by atoms with E-state index in [0.29, 0.717) is 18.9 Å². The highest BCUT2D eigenvalue weighted by molar-refractivity contribution is 4.75. The van der Waals surface area contributed by atoms with E-state index in [4.69, 9.17) is 14.2 Å². The highest BCUT2D eigenvalue weighted by atomic mass is 16.7. The van der Waals surface area contributed by atoms with Gasteiger partial charge < -0.3 is 19.5 Å². The topological polar surface area (TPSA) is 39.7 Å². The molecular formula is C8H15NO3. The number of hydrogen-bond acceptors (Lipinski definition) is 4. The van der Waals surface area contributed by atoms with Crippen LogP contribution in [0.15, 0.2) is 0 Å². The molecule has 0 bridgehead atoms. The first-order valence-electron chi connectivity index (χ1n) is 4.45. The third-order valence-electron chi connectivity index (χ3n) is 2.24. The van der Waals surface area contributed by atoms with Crippen LogP contribution < -0.4 is 5.32 Å². The molecule has 4 nitrogen and oxygen atoms in total. The molecule has 1 N–H and O–H groups in total. The van der Waals surface area contributed by atoms with E-state index in [1.54, 1.807) is 0 Å². The molecule has 12 heavy (non-hydrogen) atoms. The van der Waals surface area contributed by atoms with Gasteiger partial charge in [-0.15, -0.1) is 0 Å². The molecule has 0 aromatic carbocycles. The van der Waals surface area contributed by atoms with Crippen molar-refractivity contribution >= 4 is 0 Å². The van der Waals surface area contributed by atoms with Gasteiger partial charge in [-0.1, -0.05) is 0 Å². The highest BCUT2D eigenvalue weighted by Crippen LogP contribution is 2.06. The van der Waals surface area contributed by atoms with Gasteiger partial charge in [0.2, 0.25) is 0 Å². The van der Waals surface area contributed by atoms with Crippen molar-refractivity contribution in [2.24, 2.45) is 0 Å². The molecule has 1 unspecified atom stereocenters. The zero-order valence-corrected chi connectivity index (χ0v) is 7.12. The zero-order chi connectivity index (χ0) is 8.23. The van der Waals surface area contributed by atoms with E-state index in [1.165, 1.54) is 0 Å². The Morgan fingerprint density at radius 3 is 2.75 bits per heavy atom. The van der Waals surface area contributed by atoms with Gasteiger partial charge in [0.15, 0.2) is 0 Å². The van der Waals surface area contributed by atoms with Crippen LogP contribution in [0.4, 0.5) is 0 Å². The first-order chi connectivity index (χ1) is 5.95. The van der Waals surface area contributed by atoms with Crippen LogP contribution in [0.5, 0.6) is 0 Å². The Hall–Kier alpha value is -0.160. The fourth-order valence-corrected chi connectivity index (χ4v) is 1.31. The van der Waals surface area contributed by atoms with Crippen molar-refractivity contribution < 1.29 is 14.2 Å². The maximum Gasteiger partial charge on any atom is 0.147 e. The lowest BCUT2D eigenvalue weighted by Crippen LogP contribution is -2.49. The lowest BCUT2D eigenvalue weighted by molar-refractivity contribution is -0.139. The maximum absolute atomic E-state index is 5.37. The predicted octanol–water partition coefficient (Wildman–Crippen LogP) is -0.262. The number of nitrogens with one attached hydrogen (secondary N) is 1. The van der Waals surface area contributed by atoms with E-state index in [2.05, 4.69) is 5.32 Å². The molecule has 2 aliphatic heterocycles. The van der Waals surface area contributed by atoms with Crippen LogP contribution in [-0.2, 0) is 14.2 Å². The maximum atomic E-state index is 5.37. The summed E-state index contributed by atoms with van der Waals surface area (Å²) in [6.45, 7) is 3.91. The van der Waals surface area contributed by atoms with Crippen molar-refractivity contribution in [2.75, 3.05) is 33.2 Å². The summed E-state index contributed by atoms with van der Waals surface area (Å²) in [5, 5.41) is 3.38. The highest BCUT2D eigenvalue weighted by Gasteiger charge is 2.20. The molecule has 2 fully saturated rings. The summed E-state index contributed by atoms with van der Waals surface area (Å²) in [7, 11) is 0. The average Bonchev–Trinajstić information content (AvgIpc) is 2.04. The van der Waals surface area contributed by atoms with Gasteiger partial charge in [0.25, 0.3) is 0 Å². The number of rotatable bonds is 3. The van der Waals surface area contributed by atoms with Crippen LogP contribution in [0.25, 0.3) is 0 Å². The van der Waals surface area contributed by atoms with Crippen molar-refractivity contribution in [3.63, 3.8) is 0 Å². The molecule has 2 aliphatic rings. The first kappa shape index (κ1) is 8.44. The summed E-state index contributed by atoms with van der Waals surface area (Å²) in [5.41, 5.74) is 0. The normalized spacial score (nSPS) is 31.5. The van der Waals surface area contributed by atoms with Crippen molar-refractivity contribution in [2.45, 2.75) is 18.6 Å². The first-order valence-corrected chi connectivity index (χ1v) is 4.45. The molecule has 0 amide bonds.